The maximum atomic E-state index is 13.1. The third kappa shape index (κ3) is 3.59. The standard InChI is InChI=1S/C23H28N4O2/c1-15-19(13-14-20(28)24-17-9-7-8-10-17)23(29)26(3)22-21(15)16(2)25-27(22)18-11-5-4-6-12-18/h4-6,11-12,17H,7-10,13-14H2,1-3H3,(H,24,28). The van der Waals surface area contributed by atoms with E-state index in [1.807, 2.05) is 48.9 Å². The summed E-state index contributed by atoms with van der Waals surface area (Å²) in [6.07, 6.45) is 5.29. The summed E-state index contributed by atoms with van der Waals surface area (Å²) in [5.41, 5.74) is 4.17. The van der Waals surface area contributed by atoms with E-state index in [1.54, 1.807) is 11.6 Å². The topological polar surface area (TPSA) is 68.9 Å². The number of nitrogens with one attached hydrogen (secondary N) is 1. The minimum Gasteiger partial charge on any atom is -0.353 e. The molecule has 0 radical (unpaired) electrons. The highest BCUT2D eigenvalue weighted by Gasteiger charge is 2.21. The second kappa shape index (κ2) is 7.85. The van der Waals surface area contributed by atoms with E-state index in [2.05, 4.69) is 5.32 Å². The first-order valence-corrected chi connectivity index (χ1v) is 10.4. The number of aryl methyl sites for hydroxylation is 3. The number of nitrogens with zero attached hydrogens (tertiary/aromatic N) is 3. The first-order chi connectivity index (χ1) is 14.0. The molecule has 1 saturated carbocycles. The second-order valence-corrected chi connectivity index (χ2v) is 8.05. The predicted octanol–water partition coefficient (Wildman–Crippen LogP) is 3.33. The van der Waals surface area contributed by atoms with Crippen LogP contribution in [0, 0.1) is 13.8 Å². The number of hydrogen-bond acceptors (Lipinski definition) is 3. The van der Waals surface area contributed by atoms with Gasteiger partial charge < -0.3 is 5.32 Å². The molecule has 4 rings (SSSR count). The number of amides is 1. The van der Waals surface area contributed by atoms with Crippen molar-refractivity contribution in [2.45, 2.75) is 58.4 Å². The van der Waals surface area contributed by atoms with Crippen molar-refractivity contribution in [1.82, 2.24) is 19.7 Å². The van der Waals surface area contributed by atoms with E-state index in [0.717, 1.165) is 40.8 Å². The Hall–Kier alpha value is -2.89. The fourth-order valence-corrected chi connectivity index (χ4v) is 4.53. The van der Waals surface area contributed by atoms with Crippen LogP contribution in [0.15, 0.2) is 35.1 Å². The average molecular weight is 393 g/mol. The van der Waals surface area contributed by atoms with Crippen molar-refractivity contribution >= 4 is 16.9 Å². The number of fused-ring (bicyclic) bond motifs is 1. The largest absolute Gasteiger partial charge is 0.353 e. The van der Waals surface area contributed by atoms with E-state index in [1.165, 1.54) is 12.8 Å². The number of hydrogen-bond donors (Lipinski definition) is 1. The smallest absolute Gasteiger partial charge is 0.255 e. The number of para-hydroxylation sites is 1. The number of aromatic nitrogens is 3. The van der Waals surface area contributed by atoms with Crippen LogP contribution in [0.5, 0.6) is 0 Å². The van der Waals surface area contributed by atoms with Gasteiger partial charge in [0, 0.05) is 30.5 Å². The summed E-state index contributed by atoms with van der Waals surface area (Å²) < 4.78 is 3.50. The Morgan fingerprint density at radius 2 is 1.86 bits per heavy atom. The predicted molar refractivity (Wildman–Crippen MR) is 115 cm³/mol. The lowest BCUT2D eigenvalue weighted by atomic mass is 10.0. The average Bonchev–Trinajstić information content (AvgIpc) is 3.34. The molecule has 6 nitrogen and oxygen atoms in total. The lowest BCUT2D eigenvalue weighted by Crippen LogP contribution is -2.33. The molecular weight excluding hydrogens is 364 g/mol. The quantitative estimate of drug-likeness (QED) is 0.724. The van der Waals surface area contributed by atoms with Crippen molar-refractivity contribution in [3.63, 3.8) is 0 Å². The van der Waals surface area contributed by atoms with Gasteiger partial charge in [-0.3, -0.25) is 14.2 Å². The van der Waals surface area contributed by atoms with Gasteiger partial charge in [0.1, 0.15) is 5.65 Å². The summed E-state index contributed by atoms with van der Waals surface area (Å²) >= 11 is 0. The number of carbonyl (C=O) groups is 1. The van der Waals surface area contributed by atoms with Crippen LogP contribution >= 0.6 is 0 Å². The van der Waals surface area contributed by atoms with Gasteiger partial charge in [0.2, 0.25) is 5.91 Å². The number of benzene rings is 1. The molecule has 6 heteroatoms. The van der Waals surface area contributed by atoms with Crippen LogP contribution in [0.25, 0.3) is 16.7 Å². The van der Waals surface area contributed by atoms with E-state index in [4.69, 9.17) is 5.10 Å². The van der Waals surface area contributed by atoms with Gasteiger partial charge in [0.25, 0.3) is 5.56 Å². The molecule has 1 aromatic carbocycles. The van der Waals surface area contributed by atoms with Crippen LogP contribution in [0.2, 0.25) is 0 Å². The van der Waals surface area contributed by atoms with Crippen LogP contribution in [0.3, 0.4) is 0 Å². The highest BCUT2D eigenvalue weighted by molar-refractivity contribution is 5.85. The molecule has 0 unspecified atom stereocenters. The molecule has 29 heavy (non-hydrogen) atoms. The third-order valence-corrected chi connectivity index (χ3v) is 6.07. The van der Waals surface area contributed by atoms with Crippen molar-refractivity contribution in [3.8, 4) is 5.69 Å². The Morgan fingerprint density at radius 3 is 2.55 bits per heavy atom. The third-order valence-electron chi connectivity index (χ3n) is 6.07. The Labute approximate surface area is 170 Å². The summed E-state index contributed by atoms with van der Waals surface area (Å²) in [7, 11) is 1.78. The van der Waals surface area contributed by atoms with Crippen molar-refractivity contribution in [2.75, 3.05) is 0 Å². The van der Waals surface area contributed by atoms with Gasteiger partial charge in [-0.25, -0.2) is 4.68 Å². The normalized spacial score (nSPS) is 14.6. The van der Waals surface area contributed by atoms with Crippen molar-refractivity contribution in [2.24, 2.45) is 7.05 Å². The monoisotopic (exact) mass is 392 g/mol. The van der Waals surface area contributed by atoms with Gasteiger partial charge >= 0.3 is 0 Å². The number of carbonyl (C=O) groups excluding carboxylic acids is 1. The van der Waals surface area contributed by atoms with Crippen LogP contribution in [-0.4, -0.2) is 26.3 Å². The van der Waals surface area contributed by atoms with Crippen LogP contribution in [-0.2, 0) is 18.3 Å². The molecule has 1 N–H and O–H groups in total. The van der Waals surface area contributed by atoms with Gasteiger partial charge in [-0.1, -0.05) is 31.0 Å². The molecule has 1 aliphatic carbocycles. The SMILES string of the molecule is Cc1nn(-c2ccccc2)c2c1c(C)c(CCC(=O)NC1CCCC1)c(=O)n2C. The summed E-state index contributed by atoms with van der Waals surface area (Å²) in [5.74, 6) is 0.0372. The Kier molecular flexibility index (Phi) is 5.26. The molecule has 2 aromatic heterocycles. The number of rotatable bonds is 5. The minimum atomic E-state index is -0.0549. The van der Waals surface area contributed by atoms with Crippen molar-refractivity contribution in [3.05, 3.63) is 57.5 Å². The molecule has 0 atom stereocenters. The fourth-order valence-electron chi connectivity index (χ4n) is 4.53. The van der Waals surface area contributed by atoms with E-state index in [9.17, 15) is 9.59 Å². The van der Waals surface area contributed by atoms with Gasteiger partial charge in [-0.15, -0.1) is 0 Å². The highest BCUT2D eigenvalue weighted by atomic mass is 16.1. The highest BCUT2D eigenvalue weighted by Crippen LogP contribution is 2.26. The molecule has 1 aliphatic rings. The van der Waals surface area contributed by atoms with Crippen LogP contribution in [0.4, 0.5) is 0 Å². The van der Waals surface area contributed by atoms with E-state index in [0.29, 0.717) is 24.4 Å². The molecule has 0 saturated heterocycles. The summed E-state index contributed by atoms with van der Waals surface area (Å²) in [4.78, 5) is 25.5. The lowest BCUT2D eigenvalue weighted by molar-refractivity contribution is -0.121. The molecule has 1 amide bonds. The van der Waals surface area contributed by atoms with Gasteiger partial charge in [-0.05, 0) is 50.8 Å². The summed E-state index contributed by atoms with van der Waals surface area (Å²) in [6, 6.07) is 10.1. The molecule has 0 aliphatic heterocycles. The van der Waals surface area contributed by atoms with Crippen molar-refractivity contribution in [1.29, 1.82) is 0 Å². The second-order valence-electron chi connectivity index (χ2n) is 8.05. The molecule has 1 fully saturated rings. The Morgan fingerprint density at radius 1 is 1.17 bits per heavy atom. The minimum absolute atomic E-state index is 0.0372. The maximum absolute atomic E-state index is 13.1. The molecule has 0 spiro atoms. The zero-order valence-electron chi connectivity index (χ0n) is 17.4. The summed E-state index contributed by atoms with van der Waals surface area (Å²) in [5, 5.41) is 8.81. The van der Waals surface area contributed by atoms with Crippen LogP contribution in [0.1, 0.15) is 48.9 Å². The van der Waals surface area contributed by atoms with E-state index < -0.39 is 0 Å². The number of pyridine rings is 1. The molecule has 2 heterocycles. The van der Waals surface area contributed by atoms with Gasteiger partial charge in [-0.2, -0.15) is 5.10 Å². The fraction of sp³-hybridized carbons (Fsp3) is 0.435. The zero-order valence-corrected chi connectivity index (χ0v) is 17.4. The molecule has 3 aromatic rings. The van der Waals surface area contributed by atoms with Crippen LogP contribution < -0.4 is 10.9 Å². The van der Waals surface area contributed by atoms with E-state index >= 15 is 0 Å². The molecular formula is C23H28N4O2. The Bertz CT molecular complexity index is 1110. The van der Waals surface area contributed by atoms with E-state index in [-0.39, 0.29) is 11.5 Å². The first-order valence-electron chi connectivity index (χ1n) is 10.4. The Balaban J connectivity index is 1.68. The van der Waals surface area contributed by atoms with Gasteiger partial charge in [0.15, 0.2) is 0 Å². The summed E-state index contributed by atoms with van der Waals surface area (Å²) in [6.45, 7) is 3.94. The first kappa shape index (κ1) is 19.4. The lowest BCUT2D eigenvalue weighted by Gasteiger charge is -2.14. The maximum Gasteiger partial charge on any atom is 0.255 e. The molecule has 152 valence electrons. The van der Waals surface area contributed by atoms with Crippen molar-refractivity contribution < 1.29 is 4.79 Å². The zero-order chi connectivity index (χ0) is 20.5. The van der Waals surface area contributed by atoms with Gasteiger partial charge in [0.05, 0.1) is 11.4 Å². The molecule has 0 bridgehead atoms.